The Morgan fingerprint density at radius 2 is 2.00 bits per heavy atom. The monoisotopic (exact) mass is 311 g/mol. The van der Waals surface area contributed by atoms with Gasteiger partial charge in [-0.15, -0.1) is 0 Å². The van der Waals surface area contributed by atoms with E-state index < -0.39 is 11.5 Å². The summed E-state index contributed by atoms with van der Waals surface area (Å²) in [6.07, 6.45) is 2.09. The Balaban J connectivity index is 2.01. The highest BCUT2D eigenvalue weighted by Gasteiger charge is 2.43. The van der Waals surface area contributed by atoms with Crippen LogP contribution >= 0.6 is 11.6 Å². The lowest BCUT2D eigenvalue weighted by Gasteiger charge is -2.41. The first-order valence-electron chi connectivity index (χ1n) is 6.86. The summed E-state index contributed by atoms with van der Waals surface area (Å²) in [5.74, 6) is -0.751. The molecule has 1 amide bonds. The zero-order valence-corrected chi connectivity index (χ0v) is 12.6. The zero-order chi connectivity index (χ0) is 15.5. The van der Waals surface area contributed by atoms with Crippen LogP contribution in [0.1, 0.15) is 26.2 Å². The van der Waals surface area contributed by atoms with Gasteiger partial charge in [0.05, 0.1) is 0 Å². The van der Waals surface area contributed by atoms with Gasteiger partial charge in [0.25, 0.3) is 5.91 Å². The third kappa shape index (κ3) is 3.47. The summed E-state index contributed by atoms with van der Waals surface area (Å²) in [5.41, 5.74) is -1.14. The standard InChI is InChI=1S/C15H18ClNO4/c1-15(14(19)20)8-2-3-9-17(15)13(18)10-21-12-6-4-11(16)5-7-12/h4-7H,2-3,8-10H2,1H3,(H,19,20). The van der Waals surface area contributed by atoms with E-state index >= 15 is 0 Å². The van der Waals surface area contributed by atoms with Crippen molar-refractivity contribution >= 4 is 23.5 Å². The van der Waals surface area contributed by atoms with E-state index in [4.69, 9.17) is 16.3 Å². The highest BCUT2D eigenvalue weighted by molar-refractivity contribution is 6.30. The van der Waals surface area contributed by atoms with Crippen LogP contribution in [0.5, 0.6) is 5.75 Å². The molecule has 1 N–H and O–H groups in total. The number of ether oxygens (including phenoxy) is 1. The van der Waals surface area contributed by atoms with Gasteiger partial charge in [-0.3, -0.25) is 4.79 Å². The molecule has 1 unspecified atom stereocenters. The summed E-state index contributed by atoms with van der Waals surface area (Å²) in [6, 6.07) is 6.68. The van der Waals surface area contributed by atoms with Crippen molar-refractivity contribution in [2.45, 2.75) is 31.7 Å². The minimum absolute atomic E-state index is 0.176. The summed E-state index contributed by atoms with van der Waals surface area (Å²) in [7, 11) is 0. The average molecular weight is 312 g/mol. The second-order valence-electron chi connectivity index (χ2n) is 5.32. The fourth-order valence-corrected chi connectivity index (χ4v) is 2.62. The maximum atomic E-state index is 12.3. The molecule has 1 aliphatic rings. The van der Waals surface area contributed by atoms with Crippen molar-refractivity contribution in [1.82, 2.24) is 4.90 Å². The highest BCUT2D eigenvalue weighted by Crippen LogP contribution is 2.28. The second kappa shape index (κ2) is 6.35. The Morgan fingerprint density at radius 1 is 1.33 bits per heavy atom. The molecule has 1 aromatic carbocycles. The fraction of sp³-hybridized carbons (Fsp3) is 0.467. The van der Waals surface area contributed by atoms with E-state index in [-0.39, 0.29) is 12.5 Å². The molecule has 1 aromatic rings. The Hall–Kier alpha value is -1.75. The number of likely N-dealkylation sites (tertiary alicyclic amines) is 1. The van der Waals surface area contributed by atoms with Crippen LogP contribution in [0.2, 0.25) is 5.02 Å². The van der Waals surface area contributed by atoms with Gasteiger partial charge in [0.2, 0.25) is 0 Å². The number of nitrogens with zero attached hydrogens (tertiary/aromatic N) is 1. The number of carbonyl (C=O) groups is 2. The Kier molecular flexibility index (Phi) is 4.73. The molecule has 0 spiro atoms. The first kappa shape index (κ1) is 15.6. The van der Waals surface area contributed by atoms with E-state index in [0.29, 0.717) is 23.7 Å². The van der Waals surface area contributed by atoms with Crippen molar-refractivity contribution < 1.29 is 19.4 Å². The molecular formula is C15H18ClNO4. The van der Waals surface area contributed by atoms with Crippen LogP contribution in [0.15, 0.2) is 24.3 Å². The number of rotatable bonds is 4. The van der Waals surface area contributed by atoms with Crippen LogP contribution in [0, 0.1) is 0 Å². The summed E-state index contributed by atoms with van der Waals surface area (Å²) < 4.78 is 5.41. The summed E-state index contributed by atoms with van der Waals surface area (Å²) in [5, 5.41) is 9.97. The Bertz CT molecular complexity index is 531. The van der Waals surface area contributed by atoms with Gasteiger partial charge >= 0.3 is 5.97 Å². The molecule has 114 valence electrons. The molecule has 0 bridgehead atoms. The average Bonchev–Trinajstić information content (AvgIpc) is 2.46. The Morgan fingerprint density at radius 3 is 2.62 bits per heavy atom. The van der Waals surface area contributed by atoms with Gasteiger partial charge < -0.3 is 14.7 Å². The van der Waals surface area contributed by atoms with Crippen molar-refractivity contribution in [3.8, 4) is 5.75 Å². The molecule has 2 rings (SSSR count). The number of piperidine rings is 1. The molecule has 6 heteroatoms. The maximum absolute atomic E-state index is 12.3. The van der Waals surface area contributed by atoms with Crippen LogP contribution < -0.4 is 4.74 Å². The van der Waals surface area contributed by atoms with E-state index in [0.717, 1.165) is 12.8 Å². The molecule has 21 heavy (non-hydrogen) atoms. The summed E-state index contributed by atoms with van der Waals surface area (Å²) >= 11 is 5.77. The number of amides is 1. The fourth-order valence-electron chi connectivity index (χ4n) is 2.50. The minimum atomic E-state index is -1.14. The number of halogens is 1. The summed E-state index contributed by atoms with van der Waals surface area (Å²) in [6.45, 7) is 1.87. The van der Waals surface area contributed by atoms with Gasteiger partial charge in [-0.25, -0.2) is 4.79 Å². The normalized spacial score (nSPS) is 21.9. The zero-order valence-electron chi connectivity index (χ0n) is 11.8. The van der Waals surface area contributed by atoms with Crippen LogP contribution in [-0.2, 0) is 9.59 Å². The van der Waals surface area contributed by atoms with Crippen molar-refractivity contribution in [3.63, 3.8) is 0 Å². The Labute approximate surface area is 128 Å². The molecule has 1 heterocycles. The van der Waals surface area contributed by atoms with Gasteiger partial charge in [0.15, 0.2) is 6.61 Å². The van der Waals surface area contributed by atoms with Gasteiger partial charge in [0, 0.05) is 11.6 Å². The van der Waals surface area contributed by atoms with Gasteiger partial charge in [-0.2, -0.15) is 0 Å². The SMILES string of the molecule is CC1(C(=O)O)CCCCN1C(=O)COc1ccc(Cl)cc1. The van der Waals surface area contributed by atoms with E-state index in [1.54, 1.807) is 31.2 Å². The van der Waals surface area contributed by atoms with Crippen molar-refractivity contribution in [2.75, 3.05) is 13.2 Å². The molecular weight excluding hydrogens is 294 g/mol. The third-order valence-corrected chi connectivity index (χ3v) is 4.08. The number of aliphatic carboxylic acids is 1. The quantitative estimate of drug-likeness (QED) is 0.928. The van der Waals surface area contributed by atoms with E-state index in [1.165, 1.54) is 4.90 Å². The smallest absolute Gasteiger partial charge is 0.329 e. The highest BCUT2D eigenvalue weighted by atomic mass is 35.5. The van der Waals surface area contributed by atoms with Gasteiger partial charge in [0.1, 0.15) is 11.3 Å². The molecule has 5 nitrogen and oxygen atoms in total. The number of carboxylic acid groups (broad SMARTS) is 1. The van der Waals surface area contributed by atoms with Crippen LogP contribution in [-0.4, -0.2) is 40.6 Å². The lowest BCUT2D eigenvalue weighted by Crippen LogP contribution is -2.58. The topological polar surface area (TPSA) is 66.8 Å². The predicted octanol–water partition coefficient (Wildman–Crippen LogP) is 2.57. The minimum Gasteiger partial charge on any atom is -0.484 e. The maximum Gasteiger partial charge on any atom is 0.329 e. The molecule has 0 saturated carbocycles. The van der Waals surface area contributed by atoms with Crippen LogP contribution in [0.4, 0.5) is 0 Å². The third-order valence-electron chi connectivity index (χ3n) is 3.83. The van der Waals surface area contributed by atoms with Gasteiger partial charge in [-0.05, 0) is 50.5 Å². The van der Waals surface area contributed by atoms with Crippen molar-refractivity contribution in [3.05, 3.63) is 29.3 Å². The van der Waals surface area contributed by atoms with Crippen LogP contribution in [0.3, 0.4) is 0 Å². The number of carbonyl (C=O) groups excluding carboxylic acids is 1. The number of hydrogen-bond acceptors (Lipinski definition) is 3. The molecule has 0 radical (unpaired) electrons. The second-order valence-corrected chi connectivity index (χ2v) is 5.76. The lowest BCUT2D eigenvalue weighted by atomic mass is 9.88. The molecule has 0 aromatic heterocycles. The van der Waals surface area contributed by atoms with E-state index in [2.05, 4.69) is 0 Å². The molecule has 1 aliphatic heterocycles. The van der Waals surface area contributed by atoms with E-state index in [9.17, 15) is 14.7 Å². The van der Waals surface area contributed by atoms with Crippen molar-refractivity contribution in [1.29, 1.82) is 0 Å². The molecule has 1 atom stereocenters. The largest absolute Gasteiger partial charge is 0.484 e. The van der Waals surface area contributed by atoms with Crippen molar-refractivity contribution in [2.24, 2.45) is 0 Å². The number of benzene rings is 1. The first-order chi connectivity index (χ1) is 9.93. The summed E-state index contributed by atoms with van der Waals surface area (Å²) in [4.78, 5) is 25.1. The predicted molar refractivity (Wildman–Crippen MR) is 78.6 cm³/mol. The molecule has 1 saturated heterocycles. The number of hydrogen-bond donors (Lipinski definition) is 1. The lowest BCUT2D eigenvalue weighted by molar-refractivity contribution is -0.161. The molecule has 0 aliphatic carbocycles. The molecule has 1 fully saturated rings. The van der Waals surface area contributed by atoms with E-state index in [1.807, 2.05) is 0 Å². The number of carboxylic acids is 1. The first-order valence-corrected chi connectivity index (χ1v) is 7.23. The van der Waals surface area contributed by atoms with Crippen LogP contribution in [0.25, 0.3) is 0 Å². The van der Waals surface area contributed by atoms with Gasteiger partial charge in [-0.1, -0.05) is 11.6 Å².